The molecule has 1 amide bonds. The maximum atomic E-state index is 12.2. The molecule has 16 heavy (non-hydrogen) atoms. The van der Waals surface area contributed by atoms with E-state index in [9.17, 15) is 4.79 Å². The molecule has 2 atom stereocenters. The van der Waals surface area contributed by atoms with Crippen molar-refractivity contribution in [3.63, 3.8) is 0 Å². The summed E-state index contributed by atoms with van der Waals surface area (Å²) in [5.41, 5.74) is 0.737. The molecule has 2 heterocycles. The molecule has 0 aromatic carbocycles. The van der Waals surface area contributed by atoms with E-state index < -0.39 is 0 Å². The molecule has 86 valence electrons. The van der Waals surface area contributed by atoms with E-state index in [0.29, 0.717) is 10.5 Å². The van der Waals surface area contributed by atoms with Crippen LogP contribution in [0.5, 0.6) is 0 Å². The van der Waals surface area contributed by atoms with Crippen molar-refractivity contribution in [2.45, 2.75) is 24.3 Å². The molecule has 1 aromatic heterocycles. The molecule has 0 bridgehead atoms. The molecule has 1 saturated heterocycles. The molecule has 2 rings (SSSR count). The van der Waals surface area contributed by atoms with Crippen LogP contribution in [0.4, 0.5) is 0 Å². The highest BCUT2D eigenvalue weighted by Crippen LogP contribution is 2.25. The first kappa shape index (κ1) is 11.5. The minimum Gasteiger partial charge on any atom is -0.336 e. The van der Waals surface area contributed by atoms with Crippen molar-refractivity contribution in [2.24, 2.45) is 0 Å². The molecular formula is C12H16N2OS. The number of pyridine rings is 1. The highest BCUT2D eigenvalue weighted by molar-refractivity contribution is 8.00. The standard InChI is InChI=1S/C12H16N2OS/c1-9-7-14(8-10(2)16-9)12(15)11-3-5-13-6-4-11/h3-6,9-10H,7-8H2,1-2H3. The SMILES string of the molecule is CC1CN(C(=O)c2ccncc2)CC(C)S1. The number of rotatable bonds is 1. The average molecular weight is 236 g/mol. The van der Waals surface area contributed by atoms with Crippen LogP contribution in [0.25, 0.3) is 0 Å². The summed E-state index contributed by atoms with van der Waals surface area (Å²) in [6, 6.07) is 3.55. The van der Waals surface area contributed by atoms with Crippen LogP contribution in [0.15, 0.2) is 24.5 Å². The lowest BCUT2D eigenvalue weighted by molar-refractivity contribution is 0.0753. The van der Waals surface area contributed by atoms with Gasteiger partial charge in [-0.15, -0.1) is 0 Å². The molecule has 2 unspecified atom stereocenters. The van der Waals surface area contributed by atoms with E-state index in [0.717, 1.165) is 18.7 Å². The fraction of sp³-hybridized carbons (Fsp3) is 0.500. The Kier molecular flexibility index (Phi) is 3.49. The van der Waals surface area contributed by atoms with E-state index in [1.807, 2.05) is 16.7 Å². The second-order valence-electron chi connectivity index (χ2n) is 4.20. The molecule has 1 aliphatic heterocycles. The van der Waals surface area contributed by atoms with Crippen molar-refractivity contribution in [3.05, 3.63) is 30.1 Å². The predicted molar refractivity (Wildman–Crippen MR) is 66.7 cm³/mol. The summed E-state index contributed by atoms with van der Waals surface area (Å²) in [6.45, 7) is 6.03. The van der Waals surface area contributed by atoms with Crippen molar-refractivity contribution in [1.29, 1.82) is 0 Å². The first-order valence-electron chi connectivity index (χ1n) is 5.51. The highest BCUT2D eigenvalue weighted by atomic mass is 32.2. The molecular weight excluding hydrogens is 220 g/mol. The van der Waals surface area contributed by atoms with Gasteiger partial charge in [0.2, 0.25) is 0 Å². The van der Waals surface area contributed by atoms with Gasteiger partial charge >= 0.3 is 0 Å². The van der Waals surface area contributed by atoms with Crippen LogP contribution in [-0.4, -0.2) is 39.4 Å². The minimum absolute atomic E-state index is 0.126. The molecule has 4 heteroatoms. The van der Waals surface area contributed by atoms with Crippen LogP contribution in [0.3, 0.4) is 0 Å². The van der Waals surface area contributed by atoms with Crippen LogP contribution in [0.2, 0.25) is 0 Å². The Morgan fingerprint density at radius 3 is 2.44 bits per heavy atom. The molecule has 0 spiro atoms. The van der Waals surface area contributed by atoms with Gasteiger partial charge < -0.3 is 4.90 Å². The molecule has 0 aliphatic carbocycles. The molecule has 3 nitrogen and oxygen atoms in total. The van der Waals surface area contributed by atoms with Gasteiger partial charge in [-0.25, -0.2) is 0 Å². The Labute approximate surface area is 100 Å². The topological polar surface area (TPSA) is 33.2 Å². The van der Waals surface area contributed by atoms with E-state index in [1.54, 1.807) is 24.5 Å². The van der Waals surface area contributed by atoms with Gasteiger partial charge in [0.05, 0.1) is 0 Å². The van der Waals surface area contributed by atoms with Gasteiger partial charge in [0.15, 0.2) is 0 Å². The zero-order chi connectivity index (χ0) is 11.5. The van der Waals surface area contributed by atoms with E-state index >= 15 is 0 Å². The summed E-state index contributed by atoms with van der Waals surface area (Å²) < 4.78 is 0. The molecule has 0 saturated carbocycles. The molecule has 1 fully saturated rings. The van der Waals surface area contributed by atoms with Gasteiger partial charge in [0.25, 0.3) is 5.91 Å². The summed E-state index contributed by atoms with van der Waals surface area (Å²) in [5.74, 6) is 0.126. The summed E-state index contributed by atoms with van der Waals surface area (Å²) in [6.07, 6.45) is 3.33. The average Bonchev–Trinajstić information content (AvgIpc) is 2.28. The first-order chi connectivity index (χ1) is 7.66. The van der Waals surface area contributed by atoms with Crippen LogP contribution in [0, 0.1) is 0 Å². The van der Waals surface area contributed by atoms with E-state index in [1.165, 1.54) is 0 Å². The number of carbonyl (C=O) groups is 1. The molecule has 1 aromatic rings. The maximum absolute atomic E-state index is 12.2. The van der Waals surface area contributed by atoms with Crippen LogP contribution in [-0.2, 0) is 0 Å². The third kappa shape index (κ3) is 2.55. The fourth-order valence-corrected chi connectivity index (χ4v) is 3.35. The third-order valence-electron chi connectivity index (χ3n) is 2.63. The van der Waals surface area contributed by atoms with Crippen LogP contribution >= 0.6 is 11.8 Å². The first-order valence-corrected chi connectivity index (χ1v) is 6.46. The lowest BCUT2D eigenvalue weighted by Crippen LogP contribution is -2.44. The van der Waals surface area contributed by atoms with Crippen molar-refractivity contribution >= 4 is 17.7 Å². The fourth-order valence-electron chi connectivity index (χ4n) is 2.02. The highest BCUT2D eigenvalue weighted by Gasteiger charge is 2.26. The summed E-state index contributed by atoms with van der Waals surface area (Å²) >= 11 is 1.95. The monoisotopic (exact) mass is 236 g/mol. The smallest absolute Gasteiger partial charge is 0.254 e. The van der Waals surface area contributed by atoms with Crippen LogP contribution in [0.1, 0.15) is 24.2 Å². The lowest BCUT2D eigenvalue weighted by atomic mass is 10.2. The zero-order valence-corrected chi connectivity index (χ0v) is 10.4. The largest absolute Gasteiger partial charge is 0.336 e. The van der Waals surface area contributed by atoms with Gasteiger partial charge in [0, 0.05) is 41.5 Å². The number of amides is 1. The second-order valence-corrected chi connectivity index (χ2v) is 6.08. The Bertz CT molecular complexity index is 359. The third-order valence-corrected chi connectivity index (χ3v) is 3.86. The van der Waals surface area contributed by atoms with Gasteiger partial charge in [-0.1, -0.05) is 13.8 Å². The number of nitrogens with zero attached hydrogens (tertiary/aromatic N) is 2. The second kappa shape index (κ2) is 4.87. The Morgan fingerprint density at radius 2 is 1.88 bits per heavy atom. The Morgan fingerprint density at radius 1 is 1.31 bits per heavy atom. The normalized spacial score (nSPS) is 25.5. The van der Waals surface area contributed by atoms with E-state index in [-0.39, 0.29) is 5.91 Å². The molecule has 1 aliphatic rings. The number of hydrogen-bond donors (Lipinski definition) is 0. The van der Waals surface area contributed by atoms with Crippen LogP contribution < -0.4 is 0 Å². The van der Waals surface area contributed by atoms with Crippen molar-refractivity contribution in [1.82, 2.24) is 9.88 Å². The zero-order valence-electron chi connectivity index (χ0n) is 9.59. The molecule has 0 N–H and O–H groups in total. The van der Waals surface area contributed by atoms with Gasteiger partial charge in [0.1, 0.15) is 0 Å². The van der Waals surface area contributed by atoms with Gasteiger partial charge in [-0.3, -0.25) is 9.78 Å². The van der Waals surface area contributed by atoms with Crippen molar-refractivity contribution < 1.29 is 4.79 Å². The van der Waals surface area contributed by atoms with Gasteiger partial charge in [-0.05, 0) is 12.1 Å². The number of aromatic nitrogens is 1. The number of hydrogen-bond acceptors (Lipinski definition) is 3. The van der Waals surface area contributed by atoms with Gasteiger partial charge in [-0.2, -0.15) is 11.8 Å². The summed E-state index contributed by atoms with van der Waals surface area (Å²) in [4.78, 5) is 18.1. The number of carbonyl (C=O) groups excluding carboxylic acids is 1. The Balaban J connectivity index is 2.10. The quantitative estimate of drug-likeness (QED) is 0.748. The Hall–Kier alpha value is -1.03. The molecule has 0 radical (unpaired) electrons. The van der Waals surface area contributed by atoms with E-state index in [4.69, 9.17) is 0 Å². The summed E-state index contributed by atoms with van der Waals surface area (Å²) in [7, 11) is 0. The lowest BCUT2D eigenvalue weighted by Gasteiger charge is -2.34. The van der Waals surface area contributed by atoms with Crippen molar-refractivity contribution in [3.8, 4) is 0 Å². The van der Waals surface area contributed by atoms with Crippen molar-refractivity contribution in [2.75, 3.05) is 13.1 Å². The van der Waals surface area contributed by atoms with E-state index in [2.05, 4.69) is 18.8 Å². The predicted octanol–water partition coefficient (Wildman–Crippen LogP) is 2.05. The number of thioether (sulfide) groups is 1. The minimum atomic E-state index is 0.126. The maximum Gasteiger partial charge on any atom is 0.254 e. The summed E-state index contributed by atoms with van der Waals surface area (Å²) in [5, 5.41) is 1.05.